The standard InChI is InChI=1S/C33H55N5O6/c1-9-32(7,10-2)20-26(39)38-27(22(5)6)29(41)37-25(14-13-19-35-31(34)43)28(40)36-24-17-15-23(16-18-24)21-44-30(42)33(8,11-3)12-4/h15-18,22,25,27H,9-14,19-21H2,1-8H3,(H,36,40)(H,37,41)(H,38,39)(H3,34,35,43)/t25-,27-/m0/s1. The van der Waals surface area contributed by atoms with E-state index in [0.29, 0.717) is 31.4 Å². The largest absolute Gasteiger partial charge is 0.460 e. The number of ether oxygens (including phenoxy) is 1. The number of rotatable bonds is 19. The van der Waals surface area contributed by atoms with Crippen molar-refractivity contribution in [3.63, 3.8) is 0 Å². The van der Waals surface area contributed by atoms with Crippen molar-refractivity contribution < 1.29 is 28.7 Å². The monoisotopic (exact) mass is 617 g/mol. The highest BCUT2D eigenvalue weighted by Gasteiger charge is 2.32. The molecule has 44 heavy (non-hydrogen) atoms. The molecule has 0 aliphatic heterocycles. The Hall–Kier alpha value is -3.63. The molecule has 0 spiro atoms. The van der Waals surface area contributed by atoms with Crippen LogP contribution in [0, 0.1) is 16.7 Å². The van der Waals surface area contributed by atoms with E-state index in [2.05, 4.69) is 21.3 Å². The number of urea groups is 1. The summed E-state index contributed by atoms with van der Waals surface area (Å²) in [7, 11) is 0. The molecular formula is C33H55N5O6. The first-order chi connectivity index (χ1) is 20.6. The molecule has 0 fully saturated rings. The van der Waals surface area contributed by atoms with E-state index >= 15 is 0 Å². The summed E-state index contributed by atoms with van der Waals surface area (Å²) >= 11 is 0. The van der Waals surface area contributed by atoms with Crippen molar-refractivity contribution in [3.8, 4) is 0 Å². The molecule has 0 aliphatic rings. The van der Waals surface area contributed by atoms with Gasteiger partial charge in [-0.2, -0.15) is 0 Å². The van der Waals surface area contributed by atoms with E-state index in [4.69, 9.17) is 10.5 Å². The second-order valence-electron chi connectivity index (χ2n) is 12.5. The number of carbonyl (C=O) groups excluding carboxylic acids is 5. The SMILES string of the molecule is CCC(C)(CC)CC(=O)N[C@H](C(=O)N[C@@H](CCCNC(N)=O)C(=O)Nc1ccc(COC(=O)C(C)(CC)CC)cc1)C(C)C. The molecule has 1 aromatic carbocycles. The first kappa shape index (κ1) is 38.4. The van der Waals surface area contributed by atoms with Gasteiger partial charge in [0.2, 0.25) is 17.7 Å². The lowest BCUT2D eigenvalue weighted by molar-refractivity contribution is -0.156. The molecule has 248 valence electrons. The molecule has 0 heterocycles. The zero-order chi connectivity index (χ0) is 33.5. The smallest absolute Gasteiger partial charge is 0.312 e. The topological polar surface area (TPSA) is 169 Å². The maximum absolute atomic E-state index is 13.4. The zero-order valence-electron chi connectivity index (χ0n) is 27.9. The van der Waals surface area contributed by atoms with Crippen molar-refractivity contribution in [1.29, 1.82) is 0 Å². The molecule has 5 amide bonds. The summed E-state index contributed by atoms with van der Waals surface area (Å²) in [5.74, 6) is -1.59. The molecule has 0 aromatic heterocycles. The first-order valence-electron chi connectivity index (χ1n) is 15.8. The predicted molar refractivity (Wildman–Crippen MR) is 172 cm³/mol. The quantitative estimate of drug-likeness (QED) is 0.110. The second-order valence-corrected chi connectivity index (χ2v) is 12.5. The van der Waals surface area contributed by atoms with Crippen molar-refractivity contribution in [3.05, 3.63) is 29.8 Å². The number of carbonyl (C=O) groups is 5. The Labute approximate surface area is 263 Å². The molecule has 0 aliphatic carbocycles. The Bertz CT molecular complexity index is 1100. The number of esters is 1. The van der Waals surface area contributed by atoms with Gasteiger partial charge in [-0.15, -0.1) is 0 Å². The van der Waals surface area contributed by atoms with Crippen LogP contribution in [-0.2, 0) is 30.5 Å². The Morgan fingerprint density at radius 2 is 1.45 bits per heavy atom. The molecule has 6 N–H and O–H groups in total. The normalized spacial score (nSPS) is 13.0. The molecule has 0 saturated heterocycles. The lowest BCUT2D eigenvalue weighted by Crippen LogP contribution is -2.55. The minimum atomic E-state index is -0.937. The van der Waals surface area contributed by atoms with Gasteiger partial charge >= 0.3 is 12.0 Å². The number of anilines is 1. The highest BCUT2D eigenvalue weighted by Crippen LogP contribution is 2.30. The number of nitrogens with one attached hydrogen (secondary N) is 4. The molecular weight excluding hydrogens is 562 g/mol. The summed E-state index contributed by atoms with van der Waals surface area (Å²) in [5.41, 5.74) is 5.73. The average Bonchev–Trinajstić information content (AvgIpc) is 2.99. The molecule has 0 radical (unpaired) electrons. The molecule has 0 saturated carbocycles. The lowest BCUT2D eigenvalue weighted by atomic mass is 9.81. The zero-order valence-corrected chi connectivity index (χ0v) is 27.9. The number of hydrogen-bond donors (Lipinski definition) is 5. The van der Waals surface area contributed by atoms with Crippen LogP contribution >= 0.6 is 0 Å². The summed E-state index contributed by atoms with van der Waals surface area (Å²) in [6, 6.07) is 4.47. The van der Waals surface area contributed by atoms with Gasteiger partial charge in [0.05, 0.1) is 5.41 Å². The van der Waals surface area contributed by atoms with Crippen LogP contribution in [0.2, 0.25) is 0 Å². The molecule has 1 rings (SSSR count). The van der Waals surface area contributed by atoms with Gasteiger partial charge in [0.15, 0.2) is 0 Å². The lowest BCUT2D eigenvalue weighted by Gasteiger charge is -2.29. The maximum Gasteiger partial charge on any atom is 0.312 e. The number of amides is 5. The van der Waals surface area contributed by atoms with E-state index < -0.39 is 35.3 Å². The van der Waals surface area contributed by atoms with E-state index in [1.165, 1.54) is 0 Å². The van der Waals surface area contributed by atoms with Crippen LogP contribution in [0.4, 0.5) is 10.5 Å². The van der Waals surface area contributed by atoms with E-state index in [-0.39, 0.29) is 42.8 Å². The minimum absolute atomic E-state index is 0.117. The molecule has 1 aromatic rings. The van der Waals surface area contributed by atoms with Crippen molar-refractivity contribution in [2.45, 2.75) is 119 Å². The molecule has 11 nitrogen and oxygen atoms in total. The Kier molecular flexibility index (Phi) is 15.9. The third-order valence-electron chi connectivity index (χ3n) is 8.81. The number of hydrogen-bond acceptors (Lipinski definition) is 6. The minimum Gasteiger partial charge on any atom is -0.460 e. The number of primary amides is 1. The van der Waals surface area contributed by atoms with Crippen LogP contribution in [0.5, 0.6) is 0 Å². The van der Waals surface area contributed by atoms with E-state index in [0.717, 1.165) is 18.4 Å². The van der Waals surface area contributed by atoms with Crippen LogP contribution in [0.15, 0.2) is 24.3 Å². The number of nitrogens with two attached hydrogens (primary N) is 1. The summed E-state index contributed by atoms with van der Waals surface area (Å²) in [4.78, 5) is 63.2. The van der Waals surface area contributed by atoms with E-state index in [1.54, 1.807) is 24.3 Å². The predicted octanol–water partition coefficient (Wildman–Crippen LogP) is 4.79. The third kappa shape index (κ3) is 12.5. The first-order valence-corrected chi connectivity index (χ1v) is 15.8. The second kappa shape index (κ2) is 18.2. The fourth-order valence-corrected chi connectivity index (χ4v) is 4.47. The van der Waals surface area contributed by atoms with Gasteiger partial charge in [0.1, 0.15) is 18.7 Å². The van der Waals surface area contributed by atoms with Gasteiger partial charge in [-0.3, -0.25) is 19.2 Å². The van der Waals surface area contributed by atoms with Crippen LogP contribution < -0.4 is 27.0 Å². The van der Waals surface area contributed by atoms with Crippen molar-refractivity contribution in [2.24, 2.45) is 22.5 Å². The highest BCUT2D eigenvalue weighted by atomic mass is 16.5. The molecule has 0 bridgehead atoms. The summed E-state index contributed by atoms with van der Waals surface area (Å²) in [6.07, 6.45) is 3.94. The van der Waals surface area contributed by atoms with E-state index in [1.807, 2.05) is 55.4 Å². The Morgan fingerprint density at radius 1 is 0.864 bits per heavy atom. The van der Waals surface area contributed by atoms with E-state index in [9.17, 15) is 24.0 Å². The van der Waals surface area contributed by atoms with Crippen molar-refractivity contribution >= 4 is 35.4 Å². The summed E-state index contributed by atoms with van der Waals surface area (Å²) in [5, 5.41) is 11.0. The maximum atomic E-state index is 13.4. The molecule has 11 heteroatoms. The van der Waals surface area contributed by atoms with Gasteiger partial charge in [-0.05, 0) is 61.6 Å². The van der Waals surface area contributed by atoms with Crippen molar-refractivity contribution in [2.75, 3.05) is 11.9 Å². The van der Waals surface area contributed by atoms with Gasteiger partial charge < -0.3 is 31.7 Å². The Balaban J connectivity index is 2.97. The van der Waals surface area contributed by atoms with Crippen molar-refractivity contribution in [1.82, 2.24) is 16.0 Å². The van der Waals surface area contributed by atoms with Crippen LogP contribution in [0.25, 0.3) is 0 Å². The van der Waals surface area contributed by atoms with Gasteiger partial charge in [0.25, 0.3) is 0 Å². The van der Waals surface area contributed by atoms with Crippen LogP contribution in [0.3, 0.4) is 0 Å². The highest BCUT2D eigenvalue weighted by molar-refractivity contribution is 5.98. The Morgan fingerprint density at radius 3 is 1.95 bits per heavy atom. The number of benzene rings is 1. The average molecular weight is 618 g/mol. The summed E-state index contributed by atoms with van der Waals surface area (Å²) < 4.78 is 5.52. The third-order valence-corrected chi connectivity index (χ3v) is 8.81. The fraction of sp³-hybridized carbons (Fsp3) is 0.667. The van der Waals surface area contributed by atoms with Gasteiger partial charge in [-0.1, -0.05) is 73.4 Å². The van der Waals surface area contributed by atoms with Crippen LogP contribution in [0.1, 0.15) is 106 Å². The van der Waals surface area contributed by atoms with Crippen LogP contribution in [-0.4, -0.2) is 48.4 Å². The fourth-order valence-electron chi connectivity index (χ4n) is 4.47. The molecule has 0 unspecified atom stereocenters. The van der Waals surface area contributed by atoms with Gasteiger partial charge in [0, 0.05) is 18.7 Å². The van der Waals surface area contributed by atoms with Gasteiger partial charge in [-0.25, -0.2) is 4.79 Å². The summed E-state index contributed by atoms with van der Waals surface area (Å²) in [6.45, 7) is 15.9. The molecule has 2 atom stereocenters.